The van der Waals surface area contributed by atoms with Gasteiger partial charge in [0, 0.05) is 34.9 Å². The standard InChI is InChI=1S/C33H32ClFN4O4/c1-2-4-22-15-24(33(40)41)16-29-32(22)37-30(39(29)18-26-11-14-42-26)19-38-12-9-21(10-13-38)28-5-3-6-31(36-28)43-20-23-7-8-25(34)17-27(23)35/h3,5-8,15-17,21,26H,9-14,18-20H2,1H3,(H,40,41). The molecule has 0 spiro atoms. The monoisotopic (exact) mass is 602 g/mol. The molecule has 1 unspecified atom stereocenters. The average Bonchev–Trinajstić information content (AvgIpc) is 3.32. The topological polar surface area (TPSA) is 89.7 Å². The van der Waals surface area contributed by atoms with Crippen LogP contribution in [0.5, 0.6) is 5.88 Å². The summed E-state index contributed by atoms with van der Waals surface area (Å²) in [4.78, 5) is 24.0. The van der Waals surface area contributed by atoms with Gasteiger partial charge >= 0.3 is 5.97 Å². The summed E-state index contributed by atoms with van der Waals surface area (Å²) in [6.45, 7) is 5.53. The maximum atomic E-state index is 14.2. The molecule has 4 aromatic rings. The highest BCUT2D eigenvalue weighted by Gasteiger charge is 2.27. The third-order valence-electron chi connectivity index (χ3n) is 8.13. The Kier molecular flexibility index (Phi) is 8.61. The number of carboxylic acid groups (broad SMARTS) is 1. The minimum Gasteiger partial charge on any atom is -0.478 e. The molecule has 4 heterocycles. The number of ether oxygens (including phenoxy) is 2. The van der Waals surface area contributed by atoms with Crippen LogP contribution in [0.4, 0.5) is 4.39 Å². The molecule has 222 valence electrons. The molecule has 2 fully saturated rings. The lowest BCUT2D eigenvalue weighted by Gasteiger charge is -2.32. The lowest BCUT2D eigenvalue weighted by Crippen LogP contribution is -2.35. The zero-order valence-electron chi connectivity index (χ0n) is 23.9. The molecule has 0 aliphatic carbocycles. The SMILES string of the molecule is CC#Cc1cc(C(=O)O)cc2c1nc(CN1CCC(c3cccc(OCc4ccc(Cl)cc4F)n3)CC1)n2CC1CCO1. The molecule has 2 aliphatic rings. The van der Waals surface area contributed by atoms with Crippen molar-refractivity contribution < 1.29 is 23.8 Å². The Morgan fingerprint density at radius 2 is 1.98 bits per heavy atom. The van der Waals surface area contributed by atoms with Crippen LogP contribution < -0.4 is 4.74 Å². The van der Waals surface area contributed by atoms with E-state index in [-0.39, 0.29) is 24.2 Å². The van der Waals surface area contributed by atoms with Crippen LogP contribution in [-0.4, -0.2) is 56.3 Å². The quantitative estimate of drug-likeness (QED) is 0.234. The molecular weight excluding hydrogens is 571 g/mol. The van der Waals surface area contributed by atoms with E-state index in [0.717, 1.165) is 61.5 Å². The molecule has 2 aliphatic heterocycles. The van der Waals surface area contributed by atoms with Crippen LogP contribution in [0, 0.1) is 17.7 Å². The largest absolute Gasteiger partial charge is 0.478 e. The first kappa shape index (κ1) is 29.1. The van der Waals surface area contributed by atoms with Crippen molar-refractivity contribution in [1.29, 1.82) is 0 Å². The summed E-state index contributed by atoms with van der Waals surface area (Å²) in [5.74, 6) is 6.18. The van der Waals surface area contributed by atoms with Gasteiger partial charge in [-0.05, 0) is 69.6 Å². The number of hydrogen-bond donors (Lipinski definition) is 1. The summed E-state index contributed by atoms with van der Waals surface area (Å²) >= 11 is 5.85. The Morgan fingerprint density at radius 3 is 2.67 bits per heavy atom. The highest BCUT2D eigenvalue weighted by atomic mass is 35.5. The van der Waals surface area contributed by atoms with E-state index < -0.39 is 11.8 Å². The van der Waals surface area contributed by atoms with Crippen LogP contribution >= 0.6 is 11.6 Å². The lowest BCUT2D eigenvalue weighted by atomic mass is 9.93. The average molecular weight is 603 g/mol. The normalized spacial score (nSPS) is 17.3. The van der Waals surface area contributed by atoms with Crippen molar-refractivity contribution in [3.8, 4) is 17.7 Å². The summed E-state index contributed by atoms with van der Waals surface area (Å²) in [6, 6.07) is 13.6. The number of aromatic carboxylic acids is 1. The number of likely N-dealkylation sites (tertiary alicyclic amines) is 1. The minimum atomic E-state index is -0.988. The zero-order valence-corrected chi connectivity index (χ0v) is 24.6. The molecule has 10 heteroatoms. The summed E-state index contributed by atoms with van der Waals surface area (Å²) in [5, 5.41) is 10.1. The number of imidazole rings is 1. The number of fused-ring (bicyclic) bond motifs is 1. The van der Waals surface area contributed by atoms with Crippen LogP contribution in [0.15, 0.2) is 48.5 Å². The third kappa shape index (κ3) is 6.52. The molecule has 2 aromatic heterocycles. The minimum absolute atomic E-state index is 0.0737. The molecule has 2 saturated heterocycles. The van der Waals surface area contributed by atoms with E-state index in [4.69, 9.17) is 31.0 Å². The molecule has 6 rings (SSSR count). The van der Waals surface area contributed by atoms with E-state index in [2.05, 4.69) is 21.3 Å². The molecule has 0 amide bonds. The maximum absolute atomic E-state index is 14.2. The van der Waals surface area contributed by atoms with Crippen LogP contribution in [0.1, 0.15) is 65.1 Å². The Balaban J connectivity index is 1.15. The molecule has 0 radical (unpaired) electrons. The number of pyridine rings is 1. The number of aromatic nitrogens is 3. The van der Waals surface area contributed by atoms with Gasteiger partial charge in [0.1, 0.15) is 23.8 Å². The third-order valence-corrected chi connectivity index (χ3v) is 8.36. The van der Waals surface area contributed by atoms with Crippen molar-refractivity contribution in [2.45, 2.75) is 57.9 Å². The van der Waals surface area contributed by atoms with E-state index in [1.807, 2.05) is 12.1 Å². The van der Waals surface area contributed by atoms with Gasteiger partial charge in [-0.25, -0.2) is 19.2 Å². The number of nitrogens with zero attached hydrogens (tertiary/aromatic N) is 4. The first-order chi connectivity index (χ1) is 20.9. The number of rotatable bonds is 9. The fourth-order valence-electron chi connectivity index (χ4n) is 5.70. The van der Waals surface area contributed by atoms with Crippen molar-refractivity contribution in [2.75, 3.05) is 19.7 Å². The van der Waals surface area contributed by atoms with E-state index in [0.29, 0.717) is 35.1 Å². The van der Waals surface area contributed by atoms with Crippen LogP contribution in [-0.2, 0) is 24.4 Å². The molecule has 1 N–H and O–H groups in total. The van der Waals surface area contributed by atoms with Crippen LogP contribution in [0.25, 0.3) is 11.0 Å². The predicted molar refractivity (Wildman–Crippen MR) is 161 cm³/mol. The van der Waals surface area contributed by atoms with Gasteiger partial charge in [0.25, 0.3) is 0 Å². The summed E-state index contributed by atoms with van der Waals surface area (Å²) in [6.07, 6.45) is 2.90. The lowest BCUT2D eigenvalue weighted by molar-refractivity contribution is -0.0592. The van der Waals surface area contributed by atoms with Gasteiger partial charge in [-0.15, -0.1) is 5.92 Å². The summed E-state index contributed by atoms with van der Waals surface area (Å²) < 4.78 is 27.8. The molecule has 0 bridgehead atoms. The van der Waals surface area contributed by atoms with Gasteiger partial charge in [-0.1, -0.05) is 29.7 Å². The maximum Gasteiger partial charge on any atom is 0.335 e. The summed E-state index contributed by atoms with van der Waals surface area (Å²) in [7, 11) is 0. The van der Waals surface area contributed by atoms with Crippen molar-refractivity contribution in [3.05, 3.63) is 87.6 Å². The Hall–Kier alpha value is -3.97. The number of halogens is 2. The van der Waals surface area contributed by atoms with Gasteiger partial charge in [-0.3, -0.25) is 4.90 Å². The highest BCUT2D eigenvalue weighted by molar-refractivity contribution is 6.30. The number of carbonyl (C=O) groups is 1. The first-order valence-corrected chi connectivity index (χ1v) is 14.8. The van der Waals surface area contributed by atoms with Gasteiger partial charge in [0.2, 0.25) is 5.88 Å². The van der Waals surface area contributed by atoms with Crippen molar-refractivity contribution >= 4 is 28.6 Å². The molecule has 2 aromatic carbocycles. The van der Waals surface area contributed by atoms with E-state index in [1.54, 1.807) is 37.3 Å². The summed E-state index contributed by atoms with van der Waals surface area (Å²) in [5.41, 5.74) is 3.71. The number of hydrogen-bond acceptors (Lipinski definition) is 6. The van der Waals surface area contributed by atoms with E-state index in [1.165, 1.54) is 6.07 Å². The van der Waals surface area contributed by atoms with Gasteiger partial charge in [0.05, 0.1) is 35.8 Å². The molecule has 0 saturated carbocycles. The second kappa shape index (κ2) is 12.7. The Bertz CT molecular complexity index is 1720. The number of benzene rings is 2. The molecule has 8 nitrogen and oxygen atoms in total. The van der Waals surface area contributed by atoms with Gasteiger partial charge < -0.3 is 19.1 Å². The van der Waals surface area contributed by atoms with Crippen molar-refractivity contribution in [2.24, 2.45) is 0 Å². The predicted octanol–water partition coefficient (Wildman–Crippen LogP) is 6.04. The van der Waals surface area contributed by atoms with Gasteiger partial charge in [-0.2, -0.15) is 0 Å². The number of carboxylic acids is 1. The molecular formula is C33H32ClFN4O4. The van der Waals surface area contributed by atoms with Gasteiger partial charge in [0.15, 0.2) is 0 Å². The first-order valence-electron chi connectivity index (χ1n) is 14.4. The number of piperidine rings is 1. The second-order valence-corrected chi connectivity index (χ2v) is 11.4. The van der Waals surface area contributed by atoms with Crippen molar-refractivity contribution in [3.63, 3.8) is 0 Å². The fourth-order valence-corrected chi connectivity index (χ4v) is 5.86. The second-order valence-electron chi connectivity index (χ2n) is 11.0. The van der Waals surface area contributed by atoms with Crippen LogP contribution in [0.2, 0.25) is 5.02 Å². The Labute approximate surface area is 254 Å². The van der Waals surface area contributed by atoms with E-state index >= 15 is 0 Å². The zero-order chi connectivity index (χ0) is 29.9. The highest BCUT2D eigenvalue weighted by Crippen LogP contribution is 2.31. The molecule has 1 atom stereocenters. The van der Waals surface area contributed by atoms with E-state index in [9.17, 15) is 14.3 Å². The fraction of sp³-hybridized carbons (Fsp3) is 0.364. The smallest absolute Gasteiger partial charge is 0.335 e. The van der Waals surface area contributed by atoms with Crippen LogP contribution in [0.3, 0.4) is 0 Å². The Morgan fingerprint density at radius 1 is 1.16 bits per heavy atom. The molecule has 43 heavy (non-hydrogen) atoms. The van der Waals surface area contributed by atoms with Crippen molar-refractivity contribution in [1.82, 2.24) is 19.4 Å².